The van der Waals surface area contributed by atoms with Crippen molar-refractivity contribution >= 4 is 11.8 Å². The first-order chi connectivity index (χ1) is 5.68. The van der Waals surface area contributed by atoms with E-state index in [0.717, 1.165) is 19.3 Å². The average Bonchev–Trinajstić information content (AvgIpc) is 2.03. The van der Waals surface area contributed by atoms with Crippen molar-refractivity contribution in [2.75, 3.05) is 6.54 Å². The Balaban J connectivity index is 3.20. The zero-order valence-electron chi connectivity index (χ0n) is 7.22. The van der Waals surface area contributed by atoms with Gasteiger partial charge in [-0.15, -0.1) is 0 Å². The van der Waals surface area contributed by atoms with Crippen molar-refractivity contribution < 1.29 is 9.59 Å². The number of nitrogens with two attached hydrogens (primary N) is 1. The van der Waals surface area contributed by atoms with Crippen LogP contribution in [0.25, 0.3) is 0 Å². The molecule has 0 bridgehead atoms. The SMILES string of the molecule is CCCCCNNC(=O)C(N)=O. The van der Waals surface area contributed by atoms with Crippen LogP contribution in [0.15, 0.2) is 0 Å². The zero-order valence-corrected chi connectivity index (χ0v) is 7.22. The van der Waals surface area contributed by atoms with Gasteiger partial charge in [0, 0.05) is 6.54 Å². The van der Waals surface area contributed by atoms with Gasteiger partial charge in [-0.1, -0.05) is 19.8 Å². The number of carbonyl (C=O) groups excluding carboxylic acids is 2. The zero-order chi connectivity index (χ0) is 9.40. The molecule has 0 aliphatic rings. The normalized spacial score (nSPS) is 9.42. The van der Waals surface area contributed by atoms with Gasteiger partial charge in [0.1, 0.15) is 0 Å². The number of unbranched alkanes of at least 4 members (excludes halogenated alkanes) is 2. The molecular weight excluding hydrogens is 158 g/mol. The molecular formula is C7H15N3O2. The maximum absolute atomic E-state index is 10.5. The summed E-state index contributed by atoms with van der Waals surface area (Å²) in [5.74, 6) is -1.77. The summed E-state index contributed by atoms with van der Waals surface area (Å²) in [6, 6.07) is 0. The number of hydrazine groups is 1. The van der Waals surface area contributed by atoms with Crippen LogP contribution in [0.3, 0.4) is 0 Å². The van der Waals surface area contributed by atoms with Crippen molar-refractivity contribution in [2.45, 2.75) is 26.2 Å². The van der Waals surface area contributed by atoms with E-state index in [9.17, 15) is 9.59 Å². The molecule has 0 rings (SSSR count). The lowest BCUT2D eigenvalue weighted by molar-refractivity contribution is -0.137. The molecule has 0 aromatic carbocycles. The number of hydrogen-bond donors (Lipinski definition) is 3. The molecule has 4 N–H and O–H groups in total. The first-order valence-electron chi connectivity index (χ1n) is 4.01. The van der Waals surface area contributed by atoms with Crippen molar-refractivity contribution in [3.63, 3.8) is 0 Å². The fourth-order valence-corrected chi connectivity index (χ4v) is 0.668. The van der Waals surface area contributed by atoms with Gasteiger partial charge >= 0.3 is 11.8 Å². The van der Waals surface area contributed by atoms with Gasteiger partial charge in [0.05, 0.1) is 0 Å². The summed E-state index contributed by atoms with van der Waals surface area (Å²) in [5.41, 5.74) is 9.46. The van der Waals surface area contributed by atoms with E-state index in [1.807, 2.05) is 0 Å². The highest BCUT2D eigenvalue weighted by atomic mass is 16.2. The fraction of sp³-hybridized carbons (Fsp3) is 0.714. The standard InChI is InChI=1S/C7H15N3O2/c1-2-3-4-5-9-10-7(12)6(8)11/h9H,2-5H2,1H3,(H2,8,11)(H,10,12). The summed E-state index contributed by atoms with van der Waals surface area (Å²) in [4.78, 5) is 20.7. The first-order valence-corrected chi connectivity index (χ1v) is 4.01. The lowest BCUT2D eigenvalue weighted by Crippen LogP contribution is -2.44. The Kier molecular flexibility index (Phi) is 6.00. The van der Waals surface area contributed by atoms with E-state index in [1.54, 1.807) is 0 Å². The monoisotopic (exact) mass is 173 g/mol. The highest BCUT2D eigenvalue weighted by Gasteiger charge is 2.05. The van der Waals surface area contributed by atoms with Crippen molar-refractivity contribution in [1.29, 1.82) is 0 Å². The molecule has 0 fully saturated rings. The molecule has 0 atom stereocenters. The first kappa shape index (κ1) is 10.9. The third kappa shape index (κ3) is 5.67. The third-order valence-electron chi connectivity index (χ3n) is 1.33. The minimum atomic E-state index is -0.974. The van der Waals surface area contributed by atoms with Gasteiger partial charge in [-0.05, 0) is 6.42 Å². The van der Waals surface area contributed by atoms with Crippen LogP contribution in [0.1, 0.15) is 26.2 Å². The van der Waals surface area contributed by atoms with E-state index in [2.05, 4.69) is 23.5 Å². The van der Waals surface area contributed by atoms with E-state index >= 15 is 0 Å². The Labute approximate surface area is 71.7 Å². The number of nitrogens with one attached hydrogen (secondary N) is 2. The molecule has 0 aromatic rings. The summed E-state index contributed by atoms with van der Waals surface area (Å²) in [5, 5.41) is 0. The summed E-state index contributed by atoms with van der Waals surface area (Å²) >= 11 is 0. The smallest absolute Gasteiger partial charge is 0.323 e. The van der Waals surface area contributed by atoms with Crippen LogP contribution in [0.5, 0.6) is 0 Å². The van der Waals surface area contributed by atoms with Crippen molar-refractivity contribution in [2.24, 2.45) is 5.73 Å². The molecule has 0 aliphatic carbocycles. The number of primary amides is 1. The van der Waals surface area contributed by atoms with Gasteiger partial charge in [0.2, 0.25) is 0 Å². The molecule has 0 aliphatic heterocycles. The van der Waals surface area contributed by atoms with Crippen LogP contribution in [-0.4, -0.2) is 18.4 Å². The van der Waals surface area contributed by atoms with E-state index in [4.69, 9.17) is 0 Å². The quantitative estimate of drug-likeness (QED) is 0.291. The van der Waals surface area contributed by atoms with E-state index in [0.29, 0.717) is 6.54 Å². The van der Waals surface area contributed by atoms with Crippen LogP contribution in [0, 0.1) is 0 Å². The lowest BCUT2D eigenvalue weighted by atomic mass is 10.2. The minimum absolute atomic E-state index is 0.660. The largest absolute Gasteiger partial charge is 0.361 e. The lowest BCUT2D eigenvalue weighted by Gasteiger charge is -2.03. The fourth-order valence-electron chi connectivity index (χ4n) is 0.668. The molecule has 0 saturated carbocycles. The van der Waals surface area contributed by atoms with Gasteiger partial charge in [-0.2, -0.15) is 0 Å². The van der Waals surface area contributed by atoms with Gasteiger partial charge < -0.3 is 5.73 Å². The topological polar surface area (TPSA) is 84.2 Å². The summed E-state index contributed by atoms with van der Waals surface area (Å²) in [6.45, 7) is 2.74. The molecule has 5 nitrogen and oxygen atoms in total. The number of rotatable bonds is 5. The molecule has 0 spiro atoms. The summed E-state index contributed by atoms with van der Waals surface area (Å²) in [7, 11) is 0. The summed E-state index contributed by atoms with van der Waals surface area (Å²) in [6.07, 6.45) is 3.18. The van der Waals surface area contributed by atoms with Crippen molar-refractivity contribution in [3.05, 3.63) is 0 Å². The maximum atomic E-state index is 10.5. The molecule has 0 unspecified atom stereocenters. The Morgan fingerprint density at radius 3 is 2.50 bits per heavy atom. The van der Waals surface area contributed by atoms with Gasteiger partial charge in [-0.25, -0.2) is 5.43 Å². The Bertz CT molecular complexity index is 159. The predicted octanol–water partition coefficient (Wildman–Crippen LogP) is -0.717. The van der Waals surface area contributed by atoms with Crippen LogP contribution < -0.4 is 16.6 Å². The summed E-state index contributed by atoms with van der Waals surface area (Å²) < 4.78 is 0. The van der Waals surface area contributed by atoms with E-state index in [-0.39, 0.29) is 0 Å². The second-order valence-corrected chi connectivity index (χ2v) is 2.45. The molecule has 70 valence electrons. The third-order valence-corrected chi connectivity index (χ3v) is 1.33. The average molecular weight is 173 g/mol. The Morgan fingerprint density at radius 2 is 2.00 bits per heavy atom. The number of amides is 2. The highest BCUT2D eigenvalue weighted by Crippen LogP contribution is 1.89. The molecule has 0 saturated heterocycles. The molecule has 5 heteroatoms. The van der Waals surface area contributed by atoms with E-state index in [1.165, 1.54) is 0 Å². The molecule has 2 amide bonds. The molecule has 0 heterocycles. The van der Waals surface area contributed by atoms with Crippen molar-refractivity contribution in [1.82, 2.24) is 10.9 Å². The minimum Gasteiger partial charge on any atom is -0.361 e. The molecule has 0 radical (unpaired) electrons. The maximum Gasteiger partial charge on any atom is 0.323 e. The van der Waals surface area contributed by atoms with Crippen LogP contribution in [0.2, 0.25) is 0 Å². The van der Waals surface area contributed by atoms with Crippen LogP contribution in [-0.2, 0) is 9.59 Å². The molecule has 12 heavy (non-hydrogen) atoms. The highest BCUT2D eigenvalue weighted by molar-refractivity contribution is 6.34. The van der Waals surface area contributed by atoms with Gasteiger partial charge in [0.25, 0.3) is 0 Å². The van der Waals surface area contributed by atoms with Crippen LogP contribution in [0.4, 0.5) is 0 Å². The second kappa shape index (κ2) is 6.60. The number of hydrogen-bond acceptors (Lipinski definition) is 3. The predicted molar refractivity (Wildman–Crippen MR) is 44.9 cm³/mol. The van der Waals surface area contributed by atoms with E-state index < -0.39 is 11.8 Å². The Hall–Kier alpha value is -1.10. The van der Waals surface area contributed by atoms with Gasteiger partial charge in [0.15, 0.2) is 0 Å². The van der Waals surface area contributed by atoms with Gasteiger partial charge in [-0.3, -0.25) is 15.0 Å². The van der Waals surface area contributed by atoms with Crippen molar-refractivity contribution in [3.8, 4) is 0 Å². The molecule has 0 aromatic heterocycles. The Morgan fingerprint density at radius 1 is 1.33 bits per heavy atom. The number of carbonyl (C=O) groups is 2. The second-order valence-electron chi connectivity index (χ2n) is 2.45. The van der Waals surface area contributed by atoms with Crippen LogP contribution >= 0.6 is 0 Å².